The SMILES string of the molecule is NC(=[NH2+])c1cccc(S(=O)(=O)NCC(=O)Nc2ccc(C(=O)O)cc2)c1. The molecule has 136 valence electrons. The third-order valence-electron chi connectivity index (χ3n) is 3.32. The number of nitrogens with one attached hydrogen (secondary N) is 2. The molecule has 2 rings (SSSR count). The van der Waals surface area contributed by atoms with Gasteiger partial charge in [-0.3, -0.25) is 15.9 Å². The van der Waals surface area contributed by atoms with Gasteiger partial charge in [0.1, 0.15) is 0 Å². The first kappa shape index (κ1) is 19.1. The molecule has 0 bridgehead atoms. The van der Waals surface area contributed by atoms with Crippen molar-refractivity contribution in [1.82, 2.24) is 4.72 Å². The number of nitrogens with two attached hydrogens (primary N) is 2. The highest BCUT2D eigenvalue weighted by Crippen LogP contribution is 2.11. The maximum atomic E-state index is 12.2. The van der Waals surface area contributed by atoms with Crippen LogP contribution in [-0.2, 0) is 14.8 Å². The van der Waals surface area contributed by atoms with Crippen molar-refractivity contribution in [2.45, 2.75) is 4.90 Å². The van der Waals surface area contributed by atoms with Gasteiger partial charge >= 0.3 is 5.97 Å². The average Bonchev–Trinajstić information content (AvgIpc) is 2.60. The summed E-state index contributed by atoms with van der Waals surface area (Å²) in [6.07, 6.45) is 0. The van der Waals surface area contributed by atoms with E-state index in [1.54, 1.807) is 6.07 Å². The molecule has 0 saturated carbocycles. The standard InChI is InChI=1S/C16H16N4O5S/c17-15(18)11-2-1-3-13(8-11)26(24,25)19-9-14(21)20-12-6-4-10(5-7-12)16(22)23/h1-8,19H,9H2,(H3,17,18)(H,20,21)(H,22,23)/p+1. The largest absolute Gasteiger partial charge is 0.478 e. The van der Waals surface area contributed by atoms with Crippen molar-refractivity contribution in [3.05, 3.63) is 59.7 Å². The molecule has 2 aromatic rings. The Morgan fingerprint density at radius 2 is 1.73 bits per heavy atom. The van der Waals surface area contributed by atoms with Gasteiger partial charge in [-0.15, -0.1) is 0 Å². The summed E-state index contributed by atoms with van der Waals surface area (Å²) < 4.78 is 26.6. The number of benzene rings is 2. The lowest BCUT2D eigenvalue weighted by atomic mass is 10.2. The van der Waals surface area contributed by atoms with E-state index in [1.165, 1.54) is 42.5 Å². The lowest BCUT2D eigenvalue weighted by Gasteiger charge is -2.08. The highest BCUT2D eigenvalue weighted by molar-refractivity contribution is 7.89. The van der Waals surface area contributed by atoms with E-state index in [0.29, 0.717) is 11.3 Å². The molecule has 0 aliphatic rings. The first-order valence-electron chi connectivity index (χ1n) is 7.30. The molecule has 1 amide bonds. The predicted octanol–water partition coefficient (Wildman–Crippen LogP) is -1.23. The zero-order chi connectivity index (χ0) is 19.3. The van der Waals surface area contributed by atoms with Crippen LogP contribution in [0.15, 0.2) is 53.4 Å². The van der Waals surface area contributed by atoms with Crippen molar-refractivity contribution in [2.24, 2.45) is 5.73 Å². The van der Waals surface area contributed by atoms with E-state index in [0.717, 1.165) is 0 Å². The van der Waals surface area contributed by atoms with E-state index in [4.69, 9.17) is 16.2 Å². The molecule has 0 aliphatic carbocycles. The fourth-order valence-corrected chi connectivity index (χ4v) is 3.02. The van der Waals surface area contributed by atoms with Crippen molar-refractivity contribution < 1.29 is 28.5 Å². The summed E-state index contributed by atoms with van der Waals surface area (Å²) in [6, 6.07) is 11.1. The molecule has 0 radical (unpaired) electrons. The molecule has 7 N–H and O–H groups in total. The highest BCUT2D eigenvalue weighted by Gasteiger charge is 2.17. The molecule has 9 nitrogen and oxygen atoms in total. The molecule has 0 heterocycles. The summed E-state index contributed by atoms with van der Waals surface area (Å²) in [4.78, 5) is 22.6. The molecular weight excluding hydrogens is 360 g/mol. The molecular formula is C16H17N4O5S+. The van der Waals surface area contributed by atoms with Crippen LogP contribution in [0.1, 0.15) is 15.9 Å². The van der Waals surface area contributed by atoms with Crippen molar-refractivity contribution in [2.75, 3.05) is 11.9 Å². The molecule has 0 aromatic heterocycles. The number of carbonyl (C=O) groups is 2. The monoisotopic (exact) mass is 377 g/mol. The van der Waals surface area contributed by atoms with Crippen LogP contribution in [0.2, 0.25) is 0 Å². The Balaban J connectivity index is 2.00. The van der Waals surface area contributed by atoms with Gasteiger partial charge in [-0.05, 0) is 42.5 Å². The van der Waals surface area contributed by atoms with Crippen molar-refractivity contribution in [3.63, 3.8) is 0 Å². The van der Waals surface area contributed by atoms with Crippen molar-refractivity contribution >= 4 is 33.4 Å². The Labute approximate surface area is 149 Å². The summed E-state index contributed by atoms with van der Waals surface area (Å²) in [6.45, 7) is -0.505. The average molecular weight is 377 g/mol. The zero-order valence-corrected chi connectivity index (χ0v) is 14.3. The van der Waals surface area contributed by atoms with Crippen LogP contribution >= 0.6 is 0 Å². The number of rotatable bonds is 7. The van der Waals surface area contributed by atoms with Gasteiger partial charge in [-0.2, -0.15) is 0 Å². The summed E-state index contributed by atoms with van der Waals surface area (Å²) in [5, 5.41) is 16.7. The third-order valence-corrected chi connectivity index (χ3v) is 4.71. The molecule has 0 aliphatic heterocycles. The van der Waals surface area contributed by atoms with Crippen molar-refractivity contribution in [1.29, 1.82) is 0 Å². The molecule has 26 heavy (non-hydrogen) atoms. The van der Waals surface area contributed by atoms with Crippen LogP contribution in [0.5, 0.6) is 0 Å². The molecule has 10 heteroatoms. The van der Waals surface area contributed by atoms with E-state index in [1.807, 2.05) is 0 Å². The van der Waals surface area contributed by atoms with Crippen LogP contribution < -0.4 is 21.2 Å². The summed E-state index contributed by atoms with van der Waals surface area (Å²) >= 11 is 0. The van der Waals surface area contributed by atoms with Gasteiger partial charge in [0.2, 0.25) is 15.9 Å². The Bertz CT molecular complexity index is 955. The number of amides is 1. The van der Waals surface area contributed by atoms with Gasteiger partial charge in [0.25, 0.3) is 5.84 Å². The second kappa shape index (κ2) is 7.76. The van der Waals surface area contributed by atoms with Crippen molar-refractivity contribution in [3.8, 4) is 0 Å². The second-order valence-corrected chi connectivity index (χ2v) is 7.01. The number of carboxylic acids is 1. The quantitative estimate of drug-likeness (QED) is 0.299. The maximum absolute atomic E-state index is 12.2. The van der Waals surface area contributed by atoms with Gasteiger partial charge < -0.3 is 10.4 Å². The smallest absolute Gasteiger partial charge is 0.335 e. The van der Waals surface area contributed by atoms with E-state index in [2.05, 4.69) is 10.0 Å². The van der Waals surface area contributed by atoms with E-state index in [-0.39, 0.29) is 16.3 Å². The van der Waals surface area contributed by atoms with Gasteiger partial charge in [-0.25, -0.2) is 17.9 Å². The van der Waals surface area contributed by atoms with Crippen LogP contribution in [0.3, 0.4) is 0 Å². The number of anilines is 1. The molecule has 2 aromatic carbocycles. The minimum absolute atomic E-state index is 0.0235. The van der Waals surface area contributed by atoms with Gasteiger partial charge in [0, 0.05) is 5.69 Å². The number of sulfonamides is 1. The molecule has 0 fully saturated rings. The van der Waals surface area contributed by atoms with Gasteiger partial charge in [0.15, 0.2) is 0 Å². The maximum Gasteiger partial charge on any atom is 0.335 e. The fourth-order valence-electron chi connectivity index (χ4n) is 1.99. The number of hydrogen-bond acceptors (Lipinski definition) is 4. The summed E-state index contributed by atoms with van der Waals surface area (Å²) in [5.74, 6) is -1.73. The number of aromatic carboxylic acids is 1. The van der Waals surface area contributed by atoms with Crippen LogP contribution in [0.25, 0.3) is 0 Å². The number of carbonyl (C=O) groups excluding carboxylic acids is 1. The number of hydrogen-bond donors (Lipinski definition) is 5. The normalized spacial score (nSPS) is 10.9. The third kappa shape index (κ3) is 4.88. The highest BCUT2D eigenvalue weighted by atomic mass is 32.2. The number of amidine groups is 1. The van der Waals surface area contributed by atoms with E-state index in [9.17, 15) is 18.0 Å². The van der Waals surface area contributed by atoms with Crippen LogP contribution in [0, 0.1) is 0 Å². The molecule has 0 spiro atoms. The topological polar surface area (TPSA) is 164 Å². The Morgan fingerprint density at radius 3 is 2.31 bits per heavy atom. The summed E-state index contributed by atoms with van der Waals surface area (Å²) in [5.41, 5.74) is 6.21. The minimum atomic E-state index is -3.93. The van der Waals surface area contributed by atoms with Gasteiger partial charge in [0.05, 0.1) is 22.6 Å². The first-order chi connectivity index (χ1) is 12.2. The number of carboxylic acid groups (broad SMARTS) is 1. The summed E-state index contributed by atoms with van der Waals surface area (Å²) in [7, 11) is -3.93. The van der Waals surface area contributed by atoms with E-state index >= 15 is 0 Å². The zero-order valence-electron chi connectivity index (χ0n) is 13.5. The van der Waals surface area contributed by atoms with Crippen LogP contribution in [0.4, 0.5) is 5.69 Å². The minimum Gasteiger partial charge on any atom is -0.478 e. The molecule has 0 saturated heterocycles. The lowest BCUT2D eigenvalue weighted by molar-refractivity contribution is -0.115. The Hall–Kier alpha value is -3.24. The lowest BCUT2D eigenvalue weighted by Crippen LogP contribution is -2.46. The first-order valence-corrected chi connectivity index (χ1v) is 8.78. The predicted molar refractivity (Wildman–Crippen MR) is 93.9 cm³/mol. The van der Waals surface area contributed by atoms with Gasteiger partial charge in [-0.1, -0.05) is 6.07 Å². The fraction of sp³-hybridized carbons (Fsp3) is 0.0625. The Morgan fingerprint density at radius 1 is 1.08 bits per heavy atom. The Kier molecular flexibility index (Phi) is 5.70. The van der Waals surface area contributed by atoms with E-state index < -0.39 is 28.4 Å². The molecule has 0 atom stereocenters. The second-order valence-electron chi connectivity index (χ2n) is 5.24. The van der Waals surface area contributed by atoms with Crippen LogP contribution in [-0.4, -0.2) is 37.8 Å². The molecule has 0 unspecified atom stereocenters.